The lowest BCUT2D eigenvalue weighted by atomic mass is 10.1. The summed E-state index contributed by atoms with van der Waals surface area (Å²) >= 11 is 0. The second-order valence-corrected chi connectivity index (χ2v) is 15.5. The molecular formula is C45H78NO9P. The maximum Gasteiger partial charge on any atom is 0.472 e. The van der Waals surface area contributed by atoms with Crippen LogP contribution in [0, 0.1) is 0 Å². The highest BCUT2D eigenvalue weighted by molar-refractivity contribution is 7.47. The average molecular weight is 808 g/mol. The summed E-state index contributed by atoms with van der Waals surface area (Å²) < 4.78 is 33.3. The van der Waals surface area contributed by atoms with Gasteiger partial charge in [-0.15, -0.1) is 0 Å². The molecule has 0 aromatic rings. The van der Waals surface area contributed by atoms with Crippen molar-refractivity contribution in [2.45, 2.75) is 174 Å². The molecule has 0 aromatic heterocycles. The van der Waals surface area contributed by atoms with Crippen LogP contribution in [0.3, 0.4) is 0 Å². The monoisotopic (exact) mass is 808 g/mol. The molecule has 11 heteroatoms. The number of carbonyl (C=O) groups excluding carboxylic acids is 1. The number of ether oxygens (including phenoxy) is 2. The van der Waals surface area contributed by atoms with Gasteiger partial charge in [0.15, 0.2) is 0 Å². The van der Waals surface area contributed by atoms with Gasteiger partial charge in [-0.05, 0) is 83.5 Å². The molecule has 0 bridgehead atoms. The predicted molar refractivity (Wildman–Crippen MR) is 230 cm³/mol. The minimum atomic E-state index is -4.63. The van der Waals surface area contributed by atoms with Crippen LogP contribution in [0.15, 0.2) is 72.9 Å². The summed E-state index contributed by atoms with van der Waals surface area (Å²) in [7, 11) is -4.63. The normalized spacial score (nSPS) is 14.6. The third-order valence-electron chi connectivity index (χ3n) is 8.72. The van der Waals surface area contributed by atoms with E-state index in [0.717, 1.165) is 70.6 Å². The van der Waals surface area contributed by atoms with Crippen molar-refractivity contribution >= 4 is 19.8 Å². The summed E-state index contributed by atoms with van der Waals surface area (Å²) in [4.78, 5) is 33.5. The van der Waals surface area contributed by atoms with Crippen LogP contribution in [0.5, 0.6) is 0 Å². The summed E-state index contributed by atoms with van der Waals surface area (Å²) in [5.41, 5.74) is 5.35. The first-order valence-corrected chi connectivity index (χ1v) is 23.0. The Hall–Kier alpha value is -2.59. The number of hydrogen-bond acceptors (Lipinski definition) is 8. The van der Waals surface area contributed by atoms with Crippen LogP contribution < -0.4 is 5.73 Å². The molecule has 10 nitrogen and oxygen atoms in total. The fraction of sp³-hybridized carbons (Fsp3) is 0.689. The van der Waals surface area contributed by atoms with Gasteiger partial charge >= 0.3 is 19.8 Å². The Labute approximate surface area is 340 Å². The van der Waals surface area contributed by atoms with Crippen molar-refractivity contribution < 1.29 is 42.7 Å². The first-order chi connectivity index (χ1) is 27.2. The van der Waals surface area contributed by atoms with Crippen molar-refractivity contribution in [1.29, 1.82) is 0 Å². The summed E-state index contributed by atoms with van der Waals surface area (Å²) in [5.74, 6) is -1.83. The number of rotatable bonds is 40. The van der Waals surface area contributed by atoms with Gasteiger partial charge in [0.1, 0.15) is 12.1 Å². The fourth-order valence-electron chi connectivity index (χ4n) is 5.39. The van der Waals surface area contributed by atoms with Gasteiger partial charge in [-0.2, -0.15) is 0 Å². The Kier molecular flexibility index (Phi) is 38.7. The van der Waals surface area contributed by atoms with Crippen molar-refractivity contribution in [3.05, 3.63) is 72.9 Å². The zero-order valence-electron chi connectivity index (χ0n) is 35.0. The Balaban J connectivity index is 4.32. The quantitative estimate of drug-likeness (QED) is 0.0236. The van der Waals surface area contributed by atoms with Crippen molar-refractivity contribution in [3.8, 4) is 0 Å². The van der Waals surface area contributed by atoms with Crippen LogP contribution in [0.1, 0.15) is 162 Å². The van der Waals surface area contributed by atoms with E-state index in [1.807, 2.05) is 0 Å². The van der Waals surface area contributed by atoms with Crippen LogP contribution in [-0.2, 0) is 32.7 Å². The van der Waals surface area contributed by atoms with Crippen LogP contribution in [0.25, 0.3) is 0 Å². The summed E-state index contributed by atoms with van der Waals surface area (Å²) in [6, 6.07) is -1.48. The van der Waals surface area contributed by atoms with Crippen molar-refractivity contribution in [3.63, 3.8) is 0 Å². The highest BCUT2D eigenvalue weighted by atomic mass is 31.2. The lowest BCUT2D eigenvalue weighted by molar-refractivity contribution is -0.154. The number of phosphoric ester groups is 1. The Morgan fingerprint density at radius 1 is 0.589 bits per heavy atom. The van der Waals surface area contributed by atoms with E-state index < -0.39 is 45.1 Å². The van der Waals surface area contributed by atoms with Gasteiger partial charge in [0.25, 0.3) is 0 Å². The second-order valence-electron chi connectivity index (χ2n) is 14.1. The topological polar surface area (TPSA) is 155 Å². The zero-order chi connectivity index (χ0) is 41.2. The molecule has 0 spiro atoms. The van der Waals surface area contributed by atoms with Gasteiger partial charge < -0.3 is 25.2 Å². The molecule has 0 heterocycles. The van der Waals surface area contributed by atoms with Crippen molar-refractivity contribution in [1.82, 2.24) is 0 Å². The zero-order valence-corrected chi connectivity index (χ0v) is 35.8. The lowest BCUT2D eigenvalue weighted by Crippen LogP contribution is -2.34. The molecule has 0 aliphatic carbocycles. The van der Waals surface area contributed by atoms with Crippen molar-refractivity contribution in [2.24, 2.45) is 5.73 Å². The Morgan fingerprint density at radius 2 is 1.04 bits per heavy atom. The molecule has 56 heavy (non-hydrogen) atoms. The van der Waals surface area contributed by atoms with Gasteiger partial charge in [-0.25, -0.2) is 4.57 Å². The van der Waals surface area contributed by atoms with E-state index in [-0.39, 0.29) is 13.0 Å². The smallest absolute Gasteiger partial charge is 0.472 e. The number of carboxylic acids is 1. The molecule has 3 unspecified atom stereocenters. The Morgan fingerprint density at radius 3 is 1.55 bits per heavy atom. The van der Waals surface area contributed by atoms with Gasteiger partial charge in [0, 0.05) is 13.0 Å². The van der Waals surface area contributed by atoms with Crippen LogP contribution >= 0.6 is 7.82 Å². The van der Waals surface area contributed by atoms with E-state index in [2.05, 4.69) is 86.8 Å². The predicted octanol–water partition coefficient (Wildman–Crippen LogP) is 11.8. The number of aliphatic carboxylic acids is 1. The number of carboxylic acid groups (broad SMARTS) is 1. The van der Waals surface area contributed by atoms with Crippen LogP contribution in [0.4, 0.5) is 0 Å². The number of allylic oxidation sites excluding steroid dienone is 12. The van der Waals surface area contributed by atoms with Gasteiger partial charge in [0.2, 0.25) is 0 Å². The first kappa shape index (κ1) is 53.4. The maximum absolute atomic E-state index is 12.6. The number of hydrogen-bond donors (Lipinski definition) is 3. The number of phosphoric acid groups is 1. The summed E-state index contributed by atoms with van der Waals surface area (Å²) in [6.45, 7) is 3.67. The molecule has 0 rings (SSSR count). The molecule has 3 atom stereocenters. The second kappa shape index (κ2) is 40.6. The maximum atomic E-state index is 12.6. The van der Waals surface area contributed by atoms with E-state index in [9.17, 15) is 19.0 Å². The van der Waals surface area contributed by atoms with Gasteiger partial charge in [0.05, 0.1) is 19.8 Å². The number of esters is 1. The minimum absolute atomic E-state index is 0.00782. The molecule has 322 valence electrons. The molecule has 0 aliphatic heterocycles. The molecule has 0 saturated carbocycles. The van der Waals surface area contributed by atoms with Gasteiger partial charge in [-0.1, -0.05) is 145 Å². The fourth-order valence-corrected chi connectivity index (χ4v) is 6.17. The largest absolute Gasteiger partial charge is 0.480 e. The molecule has 0 aromatic carbocycles. The number of carbonyl (C=O) groups is 2. The first-order valence-electron chi connectivity index (χ1n) is 21.5. The summed E-state index contributed by atoms with van der Waals surface area (Å²) in [5, 5.41) is 8.89. The molecule has 4 N–H and O–H groups in total. The number of unbranched alkanes of at least 4 members (excludes halogenated alkanes) is 14. The standard InChI is InChI=1S/C45H78NO9P/c1-3-5-7-9-11-13-15-17-19-20-21-22-24-26-28-30-32-34-36-38-52-39-42(40-53-56(50,51)54-41-43(46)45(48)49)55-44(47)37-35-33-31-29-27-25-23-18-16-14-12-10-8-6-4-2/h6,8,12-15,18-20,23,27,29,42-43H,3-5,7,9-11,16-17,21-22,24-26,28,30-41,46H2,1-2H3,(H,48,49)(H,50,51)/b8-6-,14-12-,15-13-,20-19-,23-18-,29-27-. The van der Waals surface area contributed by atoms with E-state index >= 15 is 0 Å². The third-order valence-corrected chi connectivity index (χ3v) is 9.67. The third kappa shape index (κ3) is 39.6. The summed E-state index contributed by atoms with van der Waals surface area (Å²) in [6.07, 6.45) is 49.6. The highest BCUT2D eigenvalue weighted by Gasteiger charge is 2.27. The molecule has 0 aliphatic rings. The van der Waals surface area contributed by atoms with Crippen LogP contribution in [-0.4, -0.2) is 60.5 Å². The van der Waals surface area contributed by atoms with E-state index in [1.165, 1.54) is 64.2 Å². The van der Waals surface area contributed by atoms with E-state index in [0.29, 0.717) is 13.0 Å². The van der Waals surface area contributed by atoms with Gasteiger partial charge in [-0.3, -0.25) is 18.6 Å². The highest BCUT2D eigenvalue weighted by Crippen LogP contribution is 2.43. The average Bonchev–Trinajstić information content (AvgIpc) is 3.18. The molecule has 0 saturated heterocycles. The molecule has 0 amide bonds. The minimum Gasteiger partial charge on any atom is -0.480 e. The molecule has 0 fully saturated rings. The molecular weight excluding hydrogens is 729 g/mol. The lowest BCUT2D eigenvalue weighted by Gasteiger charge is -2.20. The van der Waals surface area contributed by atoms with E-state index in [4.69, 9.17) is 29.4 Å². The van der Waals surface area contributed by atoms with Crippen molar-refractivity contribution in [2.75, 3.05) is 26.4 Å². The van der Waals surface area contributed by atoms with E-state index in [1.54, 1.807) is 0 Å². The Bertz CT molecular complexity index is 1160. The SMILES string of the molecule is CC/C=C\C/C=C\C/C=C\C/C=C\CCCCC(=O)OC(COCCCCCCCCCC/C=C\C/C=C\CCCCCC)COP(=O)(O)OCC(N)C(=O)O. The molecule has 0 radical (unpaired) electrons. The van der Waals surface area contributed by atoms with Crippen LogP contribution in [0.2, 0.25) is 0 Å². The number of nitrogens with two attached hydrogens (primary N) is 1.